The molecule has 0 saturated carbocycles. The highest BCUT2D eigenvalue weighted by Gasteiger charge is 2.06. The van der Waals surface area contributed by atoms with Gasteiger partial charge in [-0.1, -0.05) is 17.7 Å². The zero-order chi connectivity index (χ0) is 12.7. The lowest BCUT2D eigenvalue weighted by molar-refractivity contribution is -0.123. The van der Waals surface area contributed by atoms with E-state index in [1.54, 1.807) is 7.11 Å². The third kappa shape index (κ3) is 5.26. The van der Waals surface area contributed by atoms with E-state index in [1.165, 1.54) is 18.2 Å². The van der Waals surface area contributed by atoms with Crippen molar-refractivity contribution in [3.05, 3.63) is 34.6 Å². The largest absolute Gasteiger partial charge is 0.382 e. The SMILES string of the molecule is COCCOCC(=O)Cc1ccc(F)c(Cl)c1. The van der Waals surface area contributed by atoms with E-state index in [0.717, 1.165) is 0 Å². The number of ketones is 1. The second-order valence-corrected chi connectivity index (χ2v) is 3.92. The van der Waals surface area contributed by atoms with Crippen molar-refractivity contribution in [3.63, 3.8) is 0 Å². The second kappa shape index (κ2) is 7.37. The van der Waals surface area contributed by atoms with Crippen LogP contribution in [0, 0.1) is 5.82 Å². The second-order valence-electron chi connectivity index (χ2n) is 3.51. The van der Waals surface area contributed by atoms with E-state index < -0.39 is 5.82 Å². The molecule has 0 fully saturated rings. The number of Topliss-reactive ketones (excluding diaryl/α,β-unsaturated/α-hetero) is 1. The van der Waals surface area contributed by atoms with Crippen LogP contribution in [0.2, 0.25) is 5.02 Å². The molecule has 1 aromatic rings. The number of hydrogen-bond acceptors (Lipinski definition) is 3. The summed E-state index contributed by atoms with van der Waals surface area (Å²) in [6.45, 7) is 0.862. The van der Waals surface area contributed by atoms with E-state index >= 15 is 0 Å². The van der Waals surface area contributed by atoms with Crippen molar-refractivity contribution in [1.82, 2.24) is 0 Å². The first-order valence-electron chi connectivity index (χ1n) is 5.16. The van der Waals surface area contributed by atoms with Crippen LogP contribution in [0.1, 0.15) is 5.56 Å². The van der Waals surface area contributed by atoms with E-state index in [1.807, 2.05) is 0 Å². The van der Waals surface area contributed by atoms with Gasteiger partial charge in [0, 0.05) is 13.5 Å². The maximum absolute atomic E-state index is 12.9. The maximum atomic E-state index is 12.9. The standard InChI is InChI=1S/C12H14ClFO3/c1-16-4-5-17-8-10(15)6-9-2-3-12(14)11(13)7-9/h2-3,7H,4-6,8H2,1H3. The van der Waals surface area contributed by atoms with Crippen molar-refractivity contribution in [3.8, 4) is 0 Å². The number of methoxy groups -OCH3 is 1. The highest BCUT2D eigenvalue weighted by atomic mass is 35.5. The van der Waals surface area contributed by atoms with Gasteiger partial charge in [-0.15, -0.1) is 0 Å². The minimum Gasteiger partial charge on any atom is -0.382 e. The molecule has 0 heterocycles. The first-order valence-corrected chi connectivity index (χ1v) is 5.53. The molecule has 5 heteroatoms. The monoisotopic (exact) mass is 260 g/mol. The Morgan fingerprint density at radius 1 is 1.41 bits per heavy atom. The van der Waals surface area contributed by atoms with Crippen LogP contribution >= 0.6 is 11.6 Å². The van der Waals surface area contributed by atoms with Gasteiger partial charge in [0.1, 0.15) is 12.4 Å². The van der Waals surface area contributed by atoms with E-state index in [9.17, 15) is 9.18 Å². The summed E-state index contributed by atoms with van der Waals surface area (Å²) in [6, 6.07) is 4.23. The summed E-state index contributed by atoms with van der Waals surface area (Å²) in [5.41, 5.74) is 0.678. The molecule has 3 nitrogen and oxygen atoms in total. The van der Waals surface area contributed by atoms with E-state index in [4.69, 9.17) is 21.1 Å². The summed E-state index contributed by atoms with van der Waals surface area (Å²) in [5, 5.41) is 0.0237. The van der Waals surface area contributed by atoms with Crippen LogP contribution in [0.5, 0.6) is 0 Å². The van der Waals surface area contributed by atoms with Gasteiger partial charge in [-0.3, -0.25) is 4.79 Å². The fourth-order valence-corrected chi connectivity index (χ4v) is 1.46. The number of hydrogen-bond donors (Lipinski definition) is 0. The predicted octanol–water partition coefficient (Wildman–Crippen LogP) is 2.25. The zero-order valence-electron chi connectivity index (χ0n) is 9.54. The number of carbonyl (C=O) groups is 1. The van der Waals surface area contributed by atoms with Crippen LogP contribution in [0.3, 0.4) is 0 Å². The Hall–Kier alpha value is -0.970. The molecule has 0 aliphatic rings. The molecule has 1 aromatic carbocycles. The van der Waals surface area contributed by atoms with Gasteiger partial charge in [0.05, 0.1) is 18.2 Å². The van der Waals surface area contributed by atoms with Crippen LogP contribution in [0.4, 0.5) is 4.39 Å². The highest BCUT2D eigenvalue weighted by molar-refractivity contribution is 6.30. The van der Waals surface area contributed by atoms with Crippen molar-refractivity contribution in [1.29, 1.82) is 0 Å². The molecule has 0 unspecified atom stereocenters. The molecule has 0 bridgehead atoms. The minimum atomic E-state index is -0.487. The molecular weight excluding hydrogens is 247 g/mol. The van der Waals surface area contributed by atoms with Gasteiger partial charge in [0.2, 0.25) is 0 Å². The molecule has 0 atom stereocenters. The first-order chi connectivity index (χ1) is 8.13. The topological polar surface area (TPSA) is 35.5 Å². The smallest absolute Gasteiger partial charge is 0.162 e. The molecule has 0 saturated heterocycles. The van der Waals surface area contributed by atoms with Crippen LogP contribution in [-0.2, 0) is 20.7 Å². The fraction of sp³-hybridized carbons (Fsp3) is 0.417. The van der Waals surface area contributed by atoms with E-state index in [2.05, 4.69) is 0 Å². The third-order valence-corrected chi connectivity index (χ3v) is 2.37. The number of ether oxygens (including phenoxy) is 2. The predicted molar refractivity (Wildman–Crippen MR) is 62.8 cm³/mol. The molecular formula is C12H14ClFO3. The maximum Gasteiger partial charge on any atom is 0.162 e. The van der Waals surface area contributed by atoms with Gasteiger partial charge in [-0.25, -0.2) is 4.39 Å². The summed E-state index contributed by atoms with van der Waals surface area (Å²) in [5.74, 6) is -0.567. The van der Waals surface area contributed by atoms with Crippen molar-refractivity contribution in [2.24, 2.45) is 0 Å². The van der Waals surface area contributed by atoms with Gasteiger partial charge in [0.25, 0.3) is 0 Å². The lowest BCUT2D eigenvalue weighted by Gasteiger charge is -2.04. The molecule has 0 radical (unpaired) electrons. The van der Waals surface area contributed by atoms with E-state index in [-0.39, 0.29) is 23.8 Å². The van der Waals surface area contributed by atoms with Crippen molar-refractivity contribution in [2.75, 3.05) is 26.9 Å². The van der Waals surface area contributed by atoms with Gasteiger partial charge in [-0.05, 0) is 17.7 Å². The molecule has 0 spiro atoms. The van der Waals surface area contributed by atoms with Crippen LogP contribution in [0.15, 0.2) is 18.2 Å². The highest BCUT2D eigenvalue weighted by Crippen LogP contribution is 2.16. The summed E-state index contributed by atoms with van der Waals surface area (Å²) in [7, 11) is 1.56. The number of carbonyl (C=O) groups excluding carboxylic acids is 1. The van der Waals surface area contributed by atoms with Gasteiger partial charge >= 0.3 is 0 Å². The van der Waals surface area contributed by atoms with Gasteiger partial charge < -0.3 is 9.47 Å². The Morgan fingerprint density at radius 2 is 2.18 bits per heavy atom. The first kappa shape index (κ1) is 14.1. The lowest BCUT2D eigenvalue weighted by Crippen LogP contribution is -2.13. The molecule has 0 aliphatic carbocycles. The van der Waals surface area contributed by atoms with Gasteiger partial charge in [0.15, 0.2) is 5.78 Å². The fourth-order valence-electron chi connectivity index (χ4n) is 1.26. The Bertz CT molecular complexity index is 382. The normalized spacial score (nSPS) is 10.5. The van der Waals surface area contributed by atoms with E-state index in [0.29, 0.717) is 18.8 Å². The minimum absolute atomic E-state index is 0.0237. The average Bonchev–Trinajstić information content (AvgIpc) is 2.30. The quantitative estimate of drug-likeness (QED) is 0.706. The molecule has 0 amide bonds. The van der Waals surface area contributed by atoms with Crippen LogP contribution in [-0.4, -0.2) is 32.7 Å². The lowest BCUT2D eigenvalue weighted by atomic mass is 10.1. The van der Waals surface area contributed by atoms with Crippen molar-refractivity contribution < 1.29 is 18.7 Å². The number of benzene rings is 1. The van der Waals surface area contributed by atoms with Crippen LogP contribution in [0.25, 0.3) is 0 Å². The molecule has 17 heavy (non-hydrogen) atoms. The van der Waals surface area contributed by atoms with Crippen molar-refractivity contribution in [2.45, 2.75) is 6.42 Å². The van der Waals surface area contributed by atoms with Crippen LogP contribution < -0.4 is 0 Å². The number of halogens is 2. The van der Waals surface area contributed by atoms with Gasteiger partial charge in [-0.2, -0.15) is 0 Å². The summed E-state index contributed by atoms with van der Waals surface area (Å²) >= 11 is 5.61. The Labute approximate surface area is 104 Å². The Balaban J connectivity index is 2.37. The number of rotatable bonds is 7. The average molecular weight is 261 g/mol. The Kier molecular flexibility index (Phi) is 6.11. The molecule has 1 rings (SSSR count). The summed E-state index contributed by atoms with van der Waals surface area (Å²) in [4.78, 5) is 11.5. The summed E-state index contributed by atoms with van der Waals surface area (Å²) < 4.78 is 22.7. The Morgan fingerprint density at radius 3 is 2.82 bits per heavy atom. The molecule has 0 aromatic heterocycles. The molecule has 0 aliphatic heterocycles. The molecule has 94 valence electrons. The summed E-state index contributed by atoms with van der Waals surface area (Å²) in [6.07, 6.45) is 0.187. The van der Waals surface area contributed by atoms with Crippen molar-refractivity contribution >= 4 is 17.4 Å². The third-order valence-electron chi connectivity index (χ3n) is 2.08. The molecule has 0 N–H and O–H groups in total. The zero-order valence-corrected chi connectivity index (χ0v) is 10.3.